The van der Waals surface area contributed by atoms with Crippen LogP contribution in [-0.2, 0) is 0 Å². The molecule has 0 bridgehead atoms. The largest absolute Gasteiger partial charge is 0.350 e. The van der Waals surface area contributed by atoms with Crippen molar-refractivity contribution in [3.8, 4) is 0 Å². The summed E-state index contributed by atoms with van der Waals surface area (Å²) in [6.45, 7) is 6.27. The van der Waals surface area contributed by atoms with Gasteiger partial charge in [-0.1, -0.05) is 6.92 Å². The van der Waals surface area contributed by atoms with Crippen LogP contribution >= 0.6 is 0 Å². The van der Waals surface area contributed by atoms with Crippen LogP contribution in [0.15, 0.2) is 12.3 Å². The lowest BCUT2D eigenvalue weighted by molar-refractivity contribution is 0.0952. The molecule has 0 saturated heterocycles. The Morgan fingerprint density at radius 2 is 2.26 bits per heavy atom. The molecule has 6 heteroatoms. The standard InChI is InChI=1S/C13H19N5O/c1-4-10(14)6-15-13(19)11-7-16-18-9(3)5-8(2)17-12(11)18/h5,7,10H,4,6,14H2,1-3H3,(H,15,19). The molecule has 0 aromatic carbocycles. The average molecular weight is 261 g/mol. The zero-order valence-corrected chi connectivity index (χ0v) is 11.5. The number of amides is 1. The van der Waals surface area contributed by atoms with Gasteiger partial charge in [0.05, 0.1) is 6.20 Å². The minimum atomic E-state index is -0.184. The van der Waals surface area contributed by atoms with Crippen LogP contribution in [-0.4, -0.2) is 33.1 Å². The van der Waals surface area contributed by atoms with Gasteiger partial charge in [-0.25, -0.2) is 9.50 Å². The molecule has 0 aliphatic heterocycles. The summed E-state index contributed by atoms with van der Waals surface area (Å²) in [5.74, 6) is -0.184. The van der Waals surface area contributed by atoms with Crippen LogP contribution in [0.25, 0.3) is 5.65 Å². The first-order valence-corrected chi connectivity index (χ1v) is 6.38. The smallest absolute Gasteiger partial charge is 0.256 e. The molecule has 1 unspecified atom stereocenters. The molecule has 1 amide bonds. The van der Waals surface area contributed by atoms with Crippen LogP contribution in [0.3, 0.4) is 0 Å². The van der Waals surface area contributed by atoms with Gasteiger partial charge in [0.2, 0.25) is 0 Å². The lowest BCUT2D eigenvalue weighted by Gasteiger charge is -2.09. The highest BCUT2D eigenvalue weighted by molar-refractivity contribution is 5.99. The van der Waals surface area contributed by atoms with E-state index in [0.717, 1.165) is 17.8 Å². The molecule has 0 radical (unpaired) electrons. The number of fused-ring (bicyclic) bond motifs is 1. The maximum atomic E-state index is 12.1. The highest BCUT2D eigenvalue weighted by atomic mass is 16.1. The molecule has 0 aliphatic rings. The van der Waals surface area contributed by atoms with Gasteiger partial charge in [0, 0.05) is 24.0 Å². The zero-order chi connectivity index (χ0) is 14.0. The van der Waals surface area contributed by atoms with Crippen molar-refractivity contribution < 1.29 is 4.79 Å². The maximum Gasteiger partial charge on any atom is 0.256 e. The average Bonchev–Trinajstić information content (AvgIpc) is 2.79. The summed E-state index contributed by atoms with van der Waals surface area (Å²) >= 11 is 0. The monoisotopic (exact) mass is 261 g/mol. The Labute approximate surface area is 112 Å². The molecule has 3 N–H and O–H groups in total. The number of hydrogen-bond donors (Lipinski definition) is 2. The third-order valence-electron chi connectivity index (χ3n) is 3.07. The van der Waals surface area contributed by atoms with E-state index in [1.165, 1.54) is 0 Å². The zero-order valence-electron chi connectivity index (χ0n) is 11.5. The first-order valence-electron chi connectivity index (χ1n) is 6.38. The Morgan fingerprint density at radius 3 is 2.95 bits per heavy atom. The van der Waals surface area contributed by atoms with E-state index in [9.17, 15) is 4.79 Å². The van der Waals surface area contributed by atoms with E-state index in [2.05, 4.69) is 15.4 Å². The van der Waals surface area contributed by atoms with E-state index in [-0.39, 0.29) is 11.9 Å². The number of nitrogens with zero attached hydrogens (tertiary/aromatic N) is 3. The number of nitrogens with one attached hydrogen (secondary N) is 1. The van der Waals surface area contributed by atoms with E-state index < -0.39 is 0 Å². The number of carbonyl (C=O) groups is 1. The van der Waals surface area contributed by atoms with Gasteiger partial charge in [0.15, 0.2) is 5.65 Å². The molecule has 19 heavy (non-hydrogen) atoms. The predicted octanol–water partition coefficient (Wildman–Crippen LogP) is 0.813. The normalized spacial score (nSPS) is 12.6. The third kappa shape index (κ3) is 2.73. The fraction of sp³-hybridized carbons (Fsp3) is 0.462. The molecule has 2 rings (SSSR count). The number of carbonyl (C=O) groups excluding carboxylic acids is 1. The van der Waals surface area contributed by atoms with Crippen LogP contribution in [0.1, 0.15) is 35.1 Å². The van der Waals surface area contributed by atoms with Gasteiger partial charge in [-0.05, 0) is 26.3 Å². The highest BCUT2D eigenvalue weighted by Gasteiger charge is 2.15. The number of rotatable bonds is 4. The van der Waals surface area contributed by atoms with Gasteiger partial charge in [0.1, 0.15) is 5.56 Å². The fourth-order valence-corrected chi connectivity index (χ4v) is 1.89. The van der Waals surface area contributed by atoms with E-state index in [4.69, 9.17) is 5.73 Å². The first kappa shape index (κ1) is 13.5. The topological polar surface area (TPSA) is 85.3 Å². The third-order valence-corrected chi connectivity index (χ3v) is 3.07. The second-order valence-corrected chi connectivity index (χ2v) is 4.71. The van der Waals surface area contributed by atoms with Crippen molar-refractivity contribution in [1.29, 1.82) is 0 Å². The minimum absolute atomic E-state index is 0.0257. The van der Waals surface area contributed by atoms with Gasteiger partial charge in [0.25, 0.3) is 5.91 Å². The van der Waals surface area contributed by atoms with Gasteiger partial charge in [-0.3, -0.25) is 4.79 Å². The predicted molar refractivity (Wildman–Crippen MR) is 73.1 cm³/mol. The lowest BCUT2D eigenvalue weighted by Crippen LogP contribution is -2.36. The van der Waals surface area contributed by atoms with Crippen molar-refractivity contribution in [2.45, 2.75) is 33.2 Å². The molecule has 0 fully saturated rings. The molecule has 0 saturated carbocycles. The minimum Gasteiger partial charge on any atom is -0.350 e. The number of aryl methyl sites for hydroxylation is 2. The molecule has 2 aromatic rings. The number of aromatic nitrogens is 3. The molecule has 2 heterocycles. The summed E-state index contributed by atoms with van der Waals surface area (Å²) < 4.78 is 1.67. The molecule has 2 aromatic heterocycles. The molecule has 1 atom stereocenters. The van der Waals surface area contributed by atoms with E-state index in [0.29, 0.717) is 17.8 Å². The van der Waals surface area contributed by atoms with Gasteiger partial charge < -0.3 is 11.1 Å². The van der Waals surface area contributed by atoms with Crippen LogP contribution in [0.4, 0.5) is 0 Å². The summed E-state index contributed by atoms with van der Waals surface area (Å²) in [5.41, 5.74) is 8.67. The molecule has 0 aliphatic carbocycles. The van der Waals surface area contributed by atoms with Crippen molar-refractivity contribution in [1.82, 2.24) is 19.9 Å². The van der Waals surface area contributed by atoms with Gasteiger partial charge in [-0.15, -0.1) is 0 Å². The first-order chi connectivity index (χ1) is 9.02. The van der Waals surface area contributed by atoms with Crippen LogP contribution in [0, 0.1) is 13.8 Å². The Bertz CT molecular complexity index is 604. The summed E-state index contributed by atoms with van der Waals surface area (Å²) in [7, 11) is 0. The van der Waals surface area contributed by atoms with Crippen molar-refractivity contribution in [2.24, 2.45) is 5.73 Å². The Hall–Kier alpha value is -1.95. The number of hydrogen-bond acceptors (Lipinski definition) is 4. The summed E-state index contributed by atoms with van der Waals surface area (Å²) in [6.07, 6.45) is 2.37. The van der Waals surface area contributed by atoms with Gasteiger partial charge in [-0.2, -0.15) is 5.10 Å². The Balaban J connectivity index is 2.28. The van der Waals surface area contributed by atoms with Crippen molar-refractivity contribution in [2.75, 3.05) is 6.54 Å². The summed E-state index contributed by atoms with van der Waals surface area (Å²) in [6, 6.07) is 1.90. The highest BCUT2D eigenvalue weighted by Crippen LogP contribution is 2.11. The lowest BCUT2D eigenvalue weighted by atomic mass is 10.2. The SMILES string of the molecule is CCC(N)CNC(=O)c1cnn2c(C)cc(C)nc12. The maximum absolute atomic E-state index is 12.1. The van der Waals surface area contributed by atoms with Crippen LogP contribution < -0.4 is 11.1 Å². The molecule has 0 spiro atoms. The Kier molecular flexibility index (Phi) is 3.80. The summed E-state index contributed by atoms with van der Waals surface area (Å²) in [4.78, 5) is 16.5. The second-order valence-electron chi connectivity index (χ2n) is 4.71. The number of nitrogens with two attached hydrogens (primary N) is 1. The summed E-state index contributed by atoms with van der Waals surface area (Å²) in [5, 5.41) is 7.00. The Morgan fingerprint density at radius 1 is 1.53 bits per heavy atom. The second kappa shape index (κ2) is 5.36. The van der Waals surface area contributed by atoms with Crippen LogP contribution in [0.5, 0.6) is 0 Å². The van der Waals surface area contributed by atoms with Crippen molar-refractivity contribution in [3.63, 3.8) is 0 Å². The molecule has 102 valence electrons. The van der Waals surface area contributed by atoms with Crippen molar-refractivity contribution >= 4 is 11.6 Å². The fourth-order valence-electron chi connectivity index (χ4n) is 1.89. The van der Waals surface area contributed by atoms with Crippen molar-refractivity contribution in [3.05, 3.63) is 29.2 Å². The van der Waals surface area contributed by atoms with Gasteiger partial charge >= 0.3 is 0 Å². The van der Waals surface area contributed by atoms with E-state index >= 15 is 0 Å². The van der Waals surface area contributed by atoms with E-state index in [1.54, 1.807) is 10.7 Å². The molecular formula is C13H19N5O. The van der Waals surface area contributed by atoms with E-state index in [1.807, 2.05) is 26.8 Å². The molecule has 6 nitrogen and oxygen atoms in total. The molecular weight excluding hydrogens is 242 g/mol. The quantitative estimate of drug-likeness (QED) is 0.853. The van der Waals surface area contributed by atoms with Crippen LogP contribution in [0.2, 0.25) is 0 Å².